The number of methoxy groups -OCH3 is 1. The van der Waals surface area contributed by atoms with E-state index in [9.17, 15) is 4.79 Å². The third kappa shape index (κ3) is 4.27. The Balaban J connectivity index is 2.58. The number of carbonyl (C=O) groups excluding carboxylic acids is 1. The molecule has 0 fully saturated rings. The van der Waals surface area contributed by atoms with Crippen LogP contribution in [0, 0.1) is 5.41 Å². The lowest BCUT2D eigenvalue weighted by atomic mass is 9.89. The summed E-state index contributed by atoms with van der Waals surface area (Å²) in [6, 6.07) is 3.23. The second kappa shape index (κ2) is 6.16. The quantitative estimate of drug-likeness (QED) is 0.856. The third-order valence-electron chi connectivity index (χ3n) is 2.69. The number of amides is 1. The highest BCUT2D eigenvalue weighted by molar-refractivity contribution is 6.29. The maximum atomic E-state index is 11.9. The second-order valence-electron chi connectivity index (χ2n) is 5.17. The van der Waals surface area contributed by atoms with Gasteiger partial charge in [0, 0.05) is 19.9 Å². The molecule has 0 spiro atoms. The largest absolute Gasteiger partial charge is 0.379 e. The Morgan fingerprint density at radius 3 is 2.61 bits per heavy atom. The first kappa shape index (κ1) is 14.9. The predicted octanol–water partition coefficient (Wildman–Crippen LogP) is 2.53. The van der Waals surface area contributed by atoms with E-state index in [-0.39, 0.29) is 17.4 Å². The van der Waals surface area contributed by atoms with Gasteiger partial charge in [0.05, 0.1) is 11.7 Å². The lowest BCUT2D eigenvalue weighted by Crippen LogP contribution is -2.40. The molecule has 1 N–H and O–H groups in total. The Morgan fingerprint density at radius 2 is 2.17 bits per heavy atom. The summed E-state index contributed by atoms with van der Waals surface area (Å²) in [6.45, 7) is 6.66. The molecule has 1 atom stereocenters. The van der Waals surface area contributed by atoms with E-state index in [1.807, 2.05) is 0 Å². The molecule has 100 valence electrons. The number of carbonyl (C=O) groups is 1. The van der Waals surface area contributed by atoms with Crippen molar-refractivity contribution in [1.82, 2.24) is 10.3 Å². The Labute approximate surface area is 113 Å². The minimum absolute atomic E-state index is 0.0275. The van der Waals surface area contributed by atoms with Crippen molar-refractivity contribution in [2.45, 2.75) is 26.9 Å². The minimum atomic E-state index is -0.175. The fourth-order valence-electron chi connectivity index (χ4n) is 1.54. The van der Waals surface area contributed by atoms with Crippen LogP contribution in [0.3, 0.4) is 0 Å². The number of aromatic nitrogens is 1. The number of rotatable bonds is 4. The first-order chi connectivity index (χ1) is 8.34. The molecule has 1 rings (SSSR count). The van der Waals surface area contributed by atoms with Gasteiger partial charge in [-0.05, 0) is 17.5 Å². The van der Waals surface area contributed by atoms with Gasteiger partial charge in [-0.25, -0.2) is 4.98 Å². The molecule has 0 aromatic carbocycles. The van der Waals surface area contributed by atoms with Crippen LogP contribution in [0.1, 0.15) is 31.1 Å². The Kier molecular flexibility index (Phi) is 5.11. The molecule has 1 amide bonds. The topological polar surface area (TPSA) is 51.2 Å². The van der Waals surface area contributed by atoms with Crippen LogP contribution in [0.2, 0.25) is 5.15 Å². The van der Waals surface area contributed by atoms with E-state index < -0.39 is 0 Å². The highest BCUT2D eigenvalue weighted by Crippen LogP contribution is 2.21. The number of halogens is 1. The molecule has 0 aliphatic rings. The zero-order chi connectivity index (χ0) is 13.8. The van der Waals surface area contributed by atoms with Crippen molar-refractivity contribution in [3.05, 3.63) is 29.0 Å². The van der Waals surface area contributed by atoms with Gasteiger partial charge in [-0.3, -0.25) is 4.79 Å². The zero-order valence-corrected chi connectivity index (χ0v) is 11.9. The van der Waals surface area contributed by atoms with Crippen molar-refractivity contribution in [3.63, 3.8) is 0 Å². The summed E-state index contributed by atoms with van der Waals surface area (Å²) in [7, 11) is 1.64. The van der Waals surface area contributed by atoms with Crippen molar-refractivity contribution < 1.29 is 9.53 Å². The summed E-state index contributed by atoms with van der Waals surface area (Å²) in [6.07, 6.45) is 1.41. The van der Waals surface area contributed by atoms with E-state index in [1.165, 1.54) is 6.20 Å². The van der Waals surface area contributed by atoms with Crippen LogP contribution in [-0.2, 0) is 4.74 Å². The van der Waals surface area contributed by atoms with E-state index in [0.29, 0.717) is 17.3 Å². The zero-order valence-electron chi connectivity index (χ0n) is 11.2. The van der Waals surface area contributed by atoms with Crippen molar-refractivity contribution in [3.8, 4) is 0 Å². The van der Waals surface area contributed by atoms with E-state index in [0.717, 1.165) is 0 Å². The molecule has 5 heteroatoms. The van der Waals surface area contributed by atoms with Gasteiger partial charge in [-0.2, -0.15) is 0 Å². The molecule has 0 aliphatic carbocycles. The fourth-order valence-corrected chi connectivity index (χ4v) is 1.65. The first-order valence-electron chi connectivity index (χ1n) is 5.77. The summed E-state index contributed by atoms with van der Waals surface area (Å²) < 4.78 is 5.37. The number of hydrogen-bond acceptors (Lipinski definition) is 3. The second-order valence-corrected chi connectivity index (χ2v) is 5.56. The minimum Gasteiger partial charge on any atom is -0.379 e. The maximum absolute atomic E-state index is 11.9. The molecule has 0 saturated carbocycles. The SMILES string of the molecule is CO[C@H](CNC(=O)c1ccc(Cl)nc1)C(C)(C)C. The number of hydrogen-bond donors (Lipinski definition) is 1. The summed E-state index contributed by atoms with van der Waals surface area (Å²) in [4.78, 5) is 15.7. The lowest BCUT2D eigenvalue weighted by Gasteiger charge is -2.29. The van der Waals surface area contributed by atoms with Crippen molar-refractivity contribution >= 4 is 17.5 Å². The van der Waals surface area contributed by atoms with E-state index >= 15 is 0 Å². The van der Waals surface area contributed by atoms with Crippen LogP contribution in [0.5, 0.6) is 0 Å². The van der Waals surface area contributed by atoms with Crippen molar-refractivity contribution in [2.24, 2.45) is 5.41 Å². The molecule has 1 aromatic rings. The summed E-state index contributed by atoms with van der Waals surface area (Å²) in [5.74, 6) is -0.175. The first-order valence-corrected chi connectivity index (χ1v) is 6.15. The van der Waals surface area contributed by atoms with Crippen molar-refractivity contribution in [1.29, 1.82) is 0 Å². The molecule has 4 nitrogen and oxygen atoms in total. The fraction of sp³-hybridized carbons (Fsp3) is 0.538. The number of ether oxygens (including phenoxy) is 1. The van der Waals surface area contributed by atoms with Crippen LogP contribution >= 0.6 is 11.6 Å². The van der Waals surface area contributed by atoms with Gasteiger partial charge in [-0.1, -0.05) is 32.4 Å². The average molecular weight is 271 g/mol. The van der Waals surface area contributed by atoms with Gasteiger partial charge in [0.25, 0.3) is 5.91 Å². The Morgan fingerprint density at radius 1 is 1.50 bits per heavy atom. The number of pyridine rings is 1. The molecule has 1 heterocycles. The highest BCUT2D eigenvalue weighted by Gasteiger charge is 2.24. The van der Waals surface area contributed by atoms with E-state index in [4.69, 9.17) is 16.3 Å². The van der Waals surface area contributed by atoms with Gasteiger partial charge in [0.15, 0.2) is 0 Å². The van der Waals surface area contributed by atoms with Gasteiger partial charge in [-0.15, -0.1) is 0 Å². The number of nitrogens with zero attached hydrogens (tertiary/aromatic N) is 1. The van der Waals surface area contributed by atoms with Crippen LogP contribution < -0.4 is 5.32 Å². The maximum Gasteiger partial charge on any atom is 0.252 e. The Bertz CT molecular complexity index is 398. The predicted molar refractivity (Wildman–Crippen MR) is 71.8 cm³/mol. The summed E-state index contributed by atoms with van der Waals surface area (Å²) >= 11 is 5.66. The van der Waals surface area contributed by atoms with Crippen LogP contribution in [0.15, 0.2) is 18.3 Å². The smallest absolute Gasteiger partial charge is 0.252 e. The molecule has 0 saturated heterocycles. The molecule has 1 aromatic heterocycles. The normalized spacial score (nSPS) is 13.2. The van der Waals surface area contributed by atoms with Crippen molar-refractivity contribution in [2.75, 3.05) is 13.7 Å². The van der Waals surface area contributed by atoms with E-state index in [2.05, 4.69) is 31.1 Å². The third-order valence-corrected chi connectivity index (χ3v) is 2.91. The lowest BCUT2D eigenvalue weighted by molar-refractivity contribution is 0.0176. The van der Waals surface area contributed by atoms with Crippen LogP contribution in [-0.4, -0.2) is 30.6 Å². The standard InChI is InChI=1S/C13H19ClN2O2/c1-13(2,3)10(18-4)8-16-12(17)9-5-6-11(14)15-7-9/h5-7,10H,8H2,1-4H3,(H,16,17)/t10-/m1/s1. The van der Waals surface area contributed by atoms with Gasteiger partial charge >= 0.3 is 0 Å². The molecule has 0 bridgehead atoms. The summed E-state index contributed by atoms with van der Waals surface area (Å²) in [5, 5.41) is 3.20. The van der Waals surface area contributed by atoms with Gasteiger partial charge in [0.2, 0.25) is 0 Å². The number of nitrogens with one attached hydrogen (secondary N) is 1. The molecule has 0 aliphatic heterocycles. The molecule has 0 unspecified atom stereocenters. The molecular weight excluding hydrogens is 252 g/mol. The Hall–Kier alpha value is -1.13. The molecular formula is C13H19ClN2O2. The van der Waals surface area contributed by atoms with Gasteiger partial charge in [0.1, 0.15) is 5.15 Å². The van der Waals surface area contributed by atoms with E-state index in [1.54, 1.807) is 19.2 Å². The monoisotopic (exact) mass is 270 g/mol. The molecule has 0 radical (unpaired) electrons. The van der Waals surface area contributed by atoms with Crippen LogP contribution in [0.25, 0.3) is 0 Å². The van der Waals surface area contributed by atoms with Gasteiger partial charge < -0.3 is 10.1 Å². The molecule has 18 heavy (non-hydrogen) atoms. The highest BCUT2D eigenvalue weighted by atomic mass is 35.5. The average Bonchev–Trinajstić information content (AvgIpc) is 2.28. The summed E-state index contributed by atoms with van der Waals surface area (Å²) in [5.41, 5.74) is 0.462. The van der Waals surface area contributed by atoms with Crippen LogP contribution in [0.4, 0.5) is 0 Å².